The standard InChI is InChI=1S/C20H24N6O3/c1-3-4-5-6-13-29-16-9-7-15(8-10-16)18(27)23-24-19(28)17-11-12-21-20-22-14(2)25-26(17)20/h7-12H,3-6,13H2,1-2H3,(H,23,27)(H,24,28). The summed E-state index contributed by atoms with van der Waals surface area (Å²) >= 11 is 0. The van der Waals surface area contributed by atoms with Gasteiger partial charge >= 0.3 is 0 Å². The molecule has 152 valence electrons. The van der Waals surface area contributed by atoms with Crippen molar-refractivity contribution in [2.45, 2.75) is 39.5 Å². The molecule has 0 radical (unpaired) electrons. The van der Waals surface area contributed by atoms with Crippen molar-refractivity contribution in [2.24, 2.45) is 0 Å². The molecule has 0 unspecified atom stereocenters. The highest BCUT2D eigenvalue weighted by Crippen LogP contribution is 2.13. The van der Waals surface area contributed by atoms with E-state index in [4.69, 9.17) is 4.74 Å². The van der Waals surface area contributed by atoms with Crippen molar-refractivity contribution in [2.75, 3.05) is 6.61 Å². The van der Waals surface area contributed by atoms with E-state index in [0.717, 1.165) is 12.8 Å². The fourth-order valence-electron chi connectivity index (χ4n) is 2.74. The monoisotopic (exact) mass is 396 g/mol. The average molecular weight is 396 g/mol. The normalized spacial score (nSPS) is 10.7. The third kappa shape index (κ3) is 5.28. The Morgan fingerprint density at radius 2 is 1.79 bits per heavy atom. The maximum atomic E-state index is 12.4. The predicted molar refractivity (Wildman–Crippen MR) is 107 cm³/mol. The van der Waals surface area contributed by atoms with E-state index in [1.54, 1.807) is 31.2 Å². The lowest BCUT2D eigenvalue weighted by molar-refractivity contribution is 0.0842. The molecule has 0 spiro atoms. The highest BCUT2D eigenvalue weighted by Gasteiger charge is 2.14. The zero-order valence-corrected chi connectivity index (χ0v) is 16.5. The zero-order valence-electron chi connectivity index (χ0n) is 16.5. The molecule has 0 saturated heterocycles. The van der Waals surface area contributed by atoms with Gasteiger partial charge in [0.2, 0.25) is 0 Å². The zero-order chi connectivity index (χ0) is 20.6. The van der Waals surface area contributed by atoms with Gasteiger partial charge in [-0.2, -0.15) is 9.50 Å². The molecule has 3 rings (SSSR count). The maximum absolute atomic E-state index is 12.4. The van der Waals surface area contributed by atoms with Gasteiger partial charge in [-0.15, -0.1) is 5.10 Å². The summed E-state index contributed by atoms with van der Waals surface area (Å²) in [5.41, 5.74) is 5.39. The lowest BCUT2D eigenvalue weighted by Crippen LogP contribution is -2.42. The van der Waals surface area contributed by atoms with E-state index in [2.05, 4.69) is 32.8 Å². The molecule has 9 nitrogen and oxygen atoms in total. The van der Waals surface area contributed by atoms with Crippen LogP contribution in [0.3, 0.4) is 0 Å². The van der Waals surface area contributed by atoms with E-state index in [1.165, 1.54) is 29.6 Å². The molecular formula is C20H24N6O3. The first-order valence-corrected chi connectivity index (χ1v) is 9.60. The molecule has 2 amide bonds. The Morgan fingerprint density at radius 3 is 2.55 bits per heavy atom. The lowest BCUT2D eigenvalue weighted by atomic mass is 10.2. The molecule has 3 aromatic rings. The molecule has 9 heteroatoms. The van der Waals surface area contributed by atoms with Crippen molar-refractivity contribution in [1.29, 1.82) is 0 Å². The molecule has 0 aliphatic rings. The SMILES string of the molecule is CCCCCCOc1ccc(C(=O)NNC(=O)c2ccnc3nc(C)nn23)cc1. The number of nitrogens with zero attached hydrogens (tertiary/aromatic N) is 4. The Bertz CT molecular complexity index is 984. The van der Waals surface area contributed by atoms with Crippen LogP contribution in [0.15, 0.2) is 36.5 Å². The van der Waals surface area contributed by atoms with Crippen LogP contribution < -0.4 is 15.6 Å². The van der Waals surface area contributed by atoms with Crippen LogP contribution in [-0.2, 0) is 0 Å². The molecule has 0 fully saturated rings. The first-order valence-electron chi connectivity index (χ1n) is 9.60. The van der Waals surface area contributed by atoms with Gasteiger partial charge in [0.15, 0.2) is 0 Å². The van der Waals surface area contributed by atoms with Crippen LogP contribution in [0.1, 0.15) is 59.3 Å². The minimum absolute atomic E-state index is 0.211. The first kappa shape index (κ1) is 20.2. The second-order valence-electron chi connectivity index (χ2n) is 6.54. The van der Waals surface area contributed by atoms with Gasteiger partial charge < -0.3 is 4.74 Å². The highest BCUT2D eigenvalue weighted by atomic mass is 16.5. The van der Waals surface area contributed by atoms with Crippen molar-refractivity contribution in [1.82, 2.24) is 30.4 Å². The number of carbonyl (C=O) groups excluding carboxylic acids is 2. The number of unbranched alkanes of at least 4 members (excludes halogenated alkanes) is 3. The summed E-state index contributed by atoms with van der Waals surface area (Å²) in [5, 5.41) is 4.13. The summed E-state index contributed by atoms with van der Waals surface area (Å²) in [6.45, 7) is 4.53. The highest BCUT2D eigenvalue weighted by molar-refractivity contribution is 5.98. The average Bonchev–Trinajstić information content (AvgIpc) is 3.12. The number of carbonyl (C=O) groups is 2. The molecule has 0 saturated carbocycles. The number of hydrazine groups is 1. The quantitative estimate of drug-likeness (QED) is 0.447. The van der Waals surface area contributed by atoms with Gasteiger partial charge in [-0.25, -0.2) is 4.98 Å². The van der Waals surface area contributed by atoms with Gasteiger partial charge in [0.05, 0.1) is 6.61 Å². The molecule has 0 aliphatic heterocycles. The fourth-order valence-corrected chi connectivity index (χ4v) is 2.74. The minimum Gasteiger partial charge on any atom is -0.494 e. The van der Waals surface area contributed by atoms with Crippen LogP contribution >= 0.6 is 0 Å². The Hall–Kier alpha value is -3.49. The smallest absolute Gasteiger partial charge is 0.288 e. The van der Waals surface area contributed by atoms with Crippen LogP contribution in [0, 0.1) is 6.92 Å². The third-order valence-corrected chi connectivity index (χ3v) is 4.25. The Labute approximate surface area is 168 Å². The number of aromatic nitrogens is 4. The molecule has 0 atom stereocenters. The molecule has 0 bridgehead atoms. The second-order valence-corrected chi connectivity index (χ2v) is 6.54. The van der Waals surface area contributed by atoms with Crippen molar-refractivity contribution in [3.8, 4) is 5.75 Å². The van der Waals surface area contributed by atoms with Crippen molar-refractivity contribution < 1.29 is 14.3 Å². The van der Waals surface area contributed by atoms with Crippen molar-refractivity contribution in [3.05, 3.63) is 53.6 Å². The van der Waals surface area contributed by atoms with Crippen LogP contribution in [-0.4, -0.2) is 38.0 Å². The topological polar surface area (TPSA) is 111 Å². The second kappa shape index (κ2) is 9.63. The van der Waals surface area contributed by atoms with Crippen molar-refractivity contribution >= 4 is 17.6 Å². The summed E-state index contributed by atoms with van der Waals surface area (Å²) in [5.74, 6) is 0.555. The molecule has 1 aromatic carbocycles. The number of amides is 2. The maximum Gasteiger partial charge on any atom is 0.288 e. The Morgan fingerprint density at radius 1 is 1.03 bits per heavy atom. The number of benzene rings is 1. The number of fused-ring (bicyclic) bond motifs is 1. The van der Waals surface area contributed by atoms with E-state index in [9.17, 15) is 9.59 Å². The summed E-state index contributed by atoms with van der Waals surface area (Å²) in [6.07, 6.45) is 6.01. The number of hydrogen-bond donors (Lipinski definition) is 2. The Kier molecular flexibility index (Phi) is 6.72. The number of ether oxygens (including phenoxy) is 1. The number of hydrogen-bond acceptors (Lipinski definition) is 6. The molecule has 2 heterocycles. The van der Waals surface area contributed by atoms with Gasteiger partial charge in [0, 0.05) is 11.8 Å². The van der Waals surface area contributed by atoms with E-state index >= 15 is 0 Å². The van der Waals surface area contributed by atoms with E-state index < -0.39 is 11.8 Å². The van der Waals surface area contributed by atoms with Gasteiger partial charge in [0.1, 0.15) is 17.3 Å². The van der Waals surface area contributed by atoms with E-state index in [1.807, 2.05) is 0 Å². The van der Waals surface area contributed by atoms with Crippen LogP contribution in [0.2, 0.25) is 0 Å². The lowest BCUT2D eigenvalue weighted by Gasteiger charge is -2.09. The van der Waals surface area contributed by atoms with Crippen LogP contribution in [0.5, 0.6) is 5.75 Å². The molecule has 2 aromatic heterocycles. The molecular weight excluding hydrogens is 372 g/mol. The molecule has 0 aliphatic carbocycles. The fraction of sp³-hybridized carbons (Fsp3) is 0.350. The van der Waals surface area contributed by atoms with Crippen LogP contribution in [0.4, 0.5) is 0 Å². The Balaban J connectivity index is 1.53. The summed E-state index contributed by atoms with van der Waals surface area (Å²) < 4.78 is 6.99. The van der Waals surface area contributed by atoms with Gasteiger partial charge in [-0.1, -0.05) is 26.2 Å². The van der Waals surface area contributed by atoms with Crippen LogP contribution in [0.25, 0.3) is 5.78 Å². The minimum atomic E-state index is -0.525. The first-order chi connectivity index (χ1) is 14.1. The van der Waals surface area contributed by atoms with Crippen molar-refractivity contribution in [3.63, 3.8) is 0 Å². The number of nitrogens with one attached hydrogen (secondary N) is 2. The molecule has 29 heavy (non-hydrogen) atoms. The predicted octanol–water partition coefficient (Wildman–Crippen LogP) is 2.47. The summed E-state index contributed by atoms with van der Waals surface area (Å²) in [4.78, 5) is 32.8. The summed E-state index contributed by atoms with van der Waals surface area (Å²) in [7, 11) is 0. The number of rotatable bonds is 8. The van der Waals surface area contributed by atoms with Gasteiger partial charge in [-0.05, 0) is 43.7 Å². The summed E-state index contributed by atoms with van der Waals surface area (Å²) in [6, 6.07) is 8.26. The largest absolute Gasteiger partial charge is 0.494 e. The van der Waals surface area contributed by atoms with Gasteiger partial charge in [0.25, 0.3) is 17.6 Å². The third-order valence-electron chi connectivity index (χ3n) is 4.25. The van der Waals surface area contributed by atoms with E-state index in [0.29, 0.717) is 29.5 Å². The van der Waals surface area contributed by atoms with E-state index in [-0.39, 0.29) is 5.69 Å². The molecule has 2 N–H and O–H groups in total. The number of aryl methyl sites for hydroxylation is 1. The van der Waals surface area contributed by atoms with Gasteiger partial charge in [-0.3, -0.25) is 20.4 Å².